The second-order valence-corrected chi connectivity index (χ2v) is 8.31. The number of nitrogens with zero attached hydrogens (tertiary/aromatic N) is 1. The second-order valence-electron chi connectivity index (χ2n) is 8.31. The molecule has 0 radical (unpaired) electrons. The molecule has 2 aliphatic rings. The summed E-state index contributed by atoms with van der Waals surface area (Å²) in [4.78, 5) is 28.7. The third kappa shape index (κ3) is 4.69. The summed E-state index contributed by atoms with van der Waals surface area (Å²) >= 11 is 0. The van der Waals surface area contributed by atoms with Crippen LogP contribution in [0.25, 0.3) is 0 Å². The maximum atomic E-state index is 13.3. The molecule has 6 nitrogen and oxygen atoms in total. The average Bonchev–Trinajstić information content (AvgIpc) is 2.79. The van der Waals surface area contributed by atoms with E-state index in [1.807, 2.05) is 38.1 Å². The van der Waals surface area contributed by atoms with Crippen LogP contribution >= 0.6 is 0 Å². The highest BCUT2D eigenvalue weighted by Gasteiger charge is 2.42. The van der Waals surface area contributed by atoms with E-state index in [9.17, 15) is 9.59 Å². The maximum Gasteiger partial charge on any atom is 0.336 e. The zero-order valence-corrected chi connectivity index (χ0v) is 19.9. The highest BCUT2D eigenvalue weighted by Crippen LogP contribution is 2.45. The van der Waals surface area contributed by atoms with Gasteiger partial charge < -0.3 is 19.1 Å². The van der Waals surface area contributed by atoms with Gasteiger partial charge >= 0.3 is 11.9 Å². The zero-order valence-electron chi connectivity index (χ0n) is 19.9. The lowest BCUT2D eigenvalue weighted by atomic mass is 9.78. The fourth-order valence-corrected chi connectivity index (χ4v) is 5.04. The number of esters is 2. The fraction of sp³-hybridized carbons (Fsp3) is 0.538. The number of hydrogen-bond acceptors (Lipinski definition) is 6. The third-order valence-electron chi connectivity index (χ3n) is 6.46. The Morgan fingerprint density at radius 3 is 1.81 bits per heavy atom. The van der Waals surface area contributed by atoms with Gasteiger partial charge in [0, 0.05) is 17.4 Å². The van der Waals surface area contributed by atoms with Crippen LogP contribution in [0.3, 0.4) is 0 Å². The average molecular weight is 442 g/mol. The summed E-state index contributed by atoms with van der Waals surface area (Å²) in [7, 11) is 1.61. The molecule has 1 saturated carbocycles. The zero-order chi connectivity index (χ0) is 23.3. The third-order valence-corrected chi connectivity index (χ3v) is 6.46. The molecule has 0 bridgehead atoms. The standard InChI is InChI=1S/C26H35NO5/c1-6-31-25(28)22-17(3)27(20-11-9-8-10-12-20)18(4)23(26(29)32-7-2)24(22)19-13-15-21(30-5)16-14-19/h13-16,20,24H,6-12H2,1-5H3. The van der Waals surface area contributed by atoms with Gasteiger partial charge in [-0.1, -0.05) is 31.4 Å². The normalized spacial score (nSPS) is 18.1. The van der Waals surface area contributed by atoms with Gasteiger partial charge in [0.1, 0.15) is 5.75 Å². The van der Waals surface area contributed by atoms with Crippen molar-refractivity contribution in [1.82, 2.24) is 4.90 Å². The van der Waals surface area contributed by atoms with Crippen molar-refractivity contribution in [3.05, 3.63) is 52.4 Å². The van der Waals surface area contributed by atoms with E-state index in [-0.39, 0.29) is 31.2 Å². The molecule has 0 N–H and O–H groups in total. The van der Waals surface area contributed by atoms with Gasteiger partial charge in [-0.2, -0.15) is 0 Å². The molecular weight excluding hydrogens is 406 g/mol. The fourth-order valence-electron chi connectivity index (χ4n) is 5.04. The maximum absolute atomic E-state index is 13.3. The molecule has 1 aliphatic carbocycles. The molecule has 1 heterocycles. The molecule has 1 aromatic rings. The van der Waals surface area contributed by atoms with Crippen LogP contribution in [-0.2, 0) is 19.1 Å². The Hall–Kier alpha value is -2.76. The van der Waals surface area contributed by atoms with Crippen LogP contribution in [0.15, 0.2) is 46.8 Å². The first-order valence-corrected chi connectivity index (χ1v) is 11.6. The van der Waals surface area contributed by atoms with Crippen LogP contribution in [-0.4, -0.2) is 43.2 Å². The molecule has 1 aliphatic heterocycles. The Bertz CT molecular complexity index is 851. The van der Waals surface area contributed by atoms with E-state index in [1.54, 1.807) is 21.0 Å². The minimum atomic E-state index is -0.557. The highest BCUT2D eigenvalue weighted by molar-refractivity contribution is 6.00. The SMILES string of the molecule is CCOC(=O)C1=C(C)N(C2CCCCC2)C(C)=C(C(=O)OCC)C1c1ccc(OC)cc1. The lowest BCUT2D eigenvalue weighted by Gasteiger charge is -2.43. The first-order valence-electron chi connectivity index (χ1n) is 11.6. The molecule has 0 aromatic heterocycles. The number of allylic oxidation sites excluding steroid dienone is 2. The van der Waals surface area contributed by atoms with Crippen molar-refractivity contribution < 1.29 is 23.8 Å². The van der Waals surface area contributed by atoms with Crippen LogP contribution < -0.4 is 4.74 Å². The number of carbonyl (C=O) groups is 2. The minimum Gasteiger partial charge on any atom is -0.497 e. The molecule has 0 spiro atoms. The monoisotopic (exact) mass is 441 g/mol. The Morgan fingerprint density at radius 2 is 1.38 bits per heavy atom. The Morgan fingerprint density at radius 1 is 0.875 bits per heavy atom. The smallest absolute Gasteiger partial charge is 0.336 e. The van der Waals surface area contributed by atoms with Crippen molar-refractivity contribution in [2.45, 2.75) is 71.8 Å². The lowest BCUT2D eigenvalue weighted by Crippen LogP contribution is -2.41. The Labute approximate surface area is 191 Å². The van der Waals surface area contributed by atoms with Gasteiger partial charge in [-0.25, -0.2) is 9.59 Å². The number of ether oxygens (including phenoxy) is 3. The number of benzene rings is 1. The number of methoxy groups -OCH3 is 1. The van der Waals surface area contributed by atoms with Gasteiger partial charge in [-0.05, 0) is 58.2 Å². The molecule has 0 atom stereocenters. The number of carbonyl (C=O) groups excluding carboxylic acids is 2. The minimum absolute atomic E-state index is 0.259. The lowest BCUT2D eigenvalue weighted by molar-refractivity contribution is -0.139. The molecule has 0 saturated heterocycles. The molecule has 174 valence electrons. The van der Waals surface area contributed by atoms with E-state index >= 15 is 0 Å². The van der Waals surface area contributed by atoms with Gasteiger partial charge in [0.15, 0.2) is 0 Å². The number of hydrogen-bond donors (Lipinski definition) is 0. The van der Waals surface area contributed by atoms with Gasteiger partial charge in [0.05, 0.1) is 37.4 Å². The van der Waals surface area contributed by atoms with Gasteiger partial charge in [-0.3, -0.25) is 0 Å². The molecule has 6 heteroatoms. The molecule has 32 heavy (non-hydrogen) atoms. The molecule has 3 rings (SSSR count). The van der Waals surface area contributed by atoms with E-state index < -0.39 is 5.92 Å². The second kappa shape index (κ2) is 10.7. The Kier molecular flexibility index (Phi) is 7.99. The van der Waals surface area contributed by atoms with Crippen LogP contribution in [0.2, 0.25) is 0 Å². The first-order chi connectivity index (χ1) is 15.4. The molecule has 1 fully saturated rings. The van der Waals surface area contributed by atoms with E-state index in [4.69, 9.17) is 14.2 Å². The topological polar surface area (TPSA) is 65.1 Å². The van der Waals surface area contributed by atoms with Crippen LogP contribution in [0.4, 0.5) is 0 Å². The summed E-state index contributed by atoms with van der Waals surface area (Å²) in [6.07, 6.45) is 5.59. The summed E-state index contributed by atoms with van der Waals surface area (Å²) in [5, 5.41) is 0. The van der Waals surface area contributed by atoms with Crippen molar-refractivity contribution in [3.8, 4) is 5.75 Å². The van der Waals surface area contributed by atoms with Gasteiger partial charge in [0.25, 0.3) is 0 Å². The van der Waals surface area contributed by atoms with E-state index in [0.717, 1.165) is 42.6 Å². The van der Waals surface area contributed by atoms with Crippen molar-refractivity contribution >= 4 is 11.9 Å². The highest BCUT2D eigenvalue weighted by atomic mass is 16.5. The van der Waals surface area contributed by atoms with Crippen molar-refractivity contribution in [2.75, 3.05) is 20.3 Å². The van der Waals surface area contributed by atoms with Crippen LogP contribution in [0.5, 0.6) is 5.75 Å². The van der Waals surface area contributed by atoms with Crippen molar-refractivity contribution in [1.29, 1.82) is 0 Å². The van der Waals surface area contributed by atoms with Crippen LogP contribution in [0.1, 0.15) is 71.3 Å². The van der Waals surface area contributed by atoms with Crippen molar-refractivity contribution in [2.24, 2.45) is 0 Å². The molecule has 1 aromatic carbocycles. The Balaban J connectivity index is 2.21. The van der Waals surface area contributed by atoms with E-state index in [1.165, 1.54) is 6.42 Å². The summed E-state index contributed by atoms with van der Waals surface area (Å²) in [6.45, 7) is 8.08. The first kappa shape index (κ1) is 23.9. The summed E-state index contributed by atoms with van der Waals surface area (Å²) < 4.78 is 16.3. The quantitative estimate of drug-likeness (QED) is 0.549. The van der Waals surface area contributed by atoms with Gasteiger partial charge in [-0.15, -0.1) is 0 Å². The molecular formula is C26H35NO5. The number of rotatable bonds is 7. The largest absolute Gasteiger partial charge is 0.497 e. The van der Waals surface area contributed by atoms with Gasteiger partial charge in [0.2, 0.25) is 0 Å². The summed E-state index contributed by atoms with van der Waals surface area (Å²) in [5.41, 5.74) is 3.58. The van der Waals surface area contributed by atoms with Crippen molar-refractivity contribution in [3.63, 3.8) is 0 Å². The molecule has 0 unspecified atom stereocenters. The van der Waals surface area contributed by atoms with E-state index in [0.29, 0.717) is 16.9 Å². The molecule has 0 amide bonds. The summed E-state index contributed by atoms with van der Waals surface area (Å²) in [5.74, 6) is -0.620. The summed E-state index contributed by atoms with van der Waals surface area (Å²) in [6, 6.07) is 7.75. The van der Waals surface area contributed by atoms with E-state index in [2.05, 4.69) is 4.90 Å². The van der Waals surface area contributed by atoms with Crippen LogP contribution in [0, 0.1) is 0 Å². The predicted octanol–water partition coefficient (Wildman–Crippen LogP) is 5.10. The predicted molar refractivity (Wildman–Crippen MR) is 123 cm³/mol.